The molecule has 0 bridgehead atoms. The summed E-state index contributed by atoms with van der Waals surface area (Å²) in [6.07, 6.45) is -1.13. The fraction of sp³-hybridized carbons (Fsp3) is 0.250. The second kappa shape index (κ2) is 8.18. The molecule has 0 spiro atoms. The van der Waals surface area contributed by atoms with Gasteiger partial charge in [0.1, 0.15) is 18.5 Å². The van der Waals surface area contributed by atoms with Crippen molar-refractivity contribution in [2.75, 3.05) is 13.2 Å². The first-order chi connectivity index (χ1) is 11.3. The van der Waals surface area contributed by atoms with Crippen LogP contribution in [0.1, 0.15) is 5.56 Å². The Morgan fingerprint density at radius 1 is 1.08 bits per heavy atom. The van der Waals surface area contributed by atoms with Gasteiger partial charge in [-0.1, -0.05) is 41.4 Å². The topological polar surface area (TPSA) is 72.8 Å². The standard InChI is InChI=1S/C16H16Cl2O5S/c1-11-4-2-3-5-16(11)24(20,21)23-10-12(19)9-22-13-6-7-14(17)15(18)8-13/h2-8,12,19H,9-10H2,1H3. The molecule has 2 rings (SSSR count). The van der Waals surface area contributed by atoms with Crippen LogP contribution in [0, 0.1) is 6.92 Å². The summed E-state index contributed by atoms with van der Waals surface area (Å²) < 4.78 is 34.4. The molecule has 0 aromatic heterocycles. The van der Waals surface area contributed by atoms with Crippen LogP contribution in [0.2, 0.25) is 10.0 Å². The Morgan fingerprint density at radius 3 is 2.46 bits per heavy atom. The Kier molecular flexibility index (Phi) is 6.48. The summed E-state index contributed by atoms with van der Waals surface area (Å²) in [7, 11) is -3.94. The minimum absolute atomic E-state index is 0.0719. The van der Waals surface area contributed by atoms with E-state index in [4.69, 9.17) is 32.1 Å². The van der Waals surface area contributed by atoms with Gasteiger partial charge in [-0.25, -0.2) is 0 Å². The van der Waals surface area contributed by atoms with E-state index in [0.717, 1.165) is 0 Å². The first-order valence-corrected chi connectivity index (χ1v) is 9.17. The van der Waals surface area contributed by atoms with Crippen molar-refractivity contribution in [3.63, 3.8) is 0 Å². The van der Waals surface area contributed by atoms with E-state index in [0.29, 0.717) is 21.4 Å². The maximum atomic E-state index is 12.1. The highest BCUT2D eigenvalue weighted by molar-refractivity contribution is 7.86. The molecule has 2 aromatic carbocycles. The summed E-state index contributed by atoms with van der Waals surface area (Å²) >= 11 is 11.6. The third-order valence-corrected chi connectivity index (χ3v) is 5.29. The first kappa shape index (κ1) is 19.0. The normalized spacial score (nSPS) is 12.8. The molecule has 130 valence electrons. The largest absolute Gasteiger partial charge is 0.491 e. The van der Waals surface area contributed by atoms with Crippen LogP contribution in [-0.4, -0.2) is 32.8 Å². The Balaban J connectivity index is 1.89. The lowest BCUT2D eigenvalue weighted by Crippen LogP contribution is -2.25. The van der Waals surface area contributed by atoms with Gasteiger partial charge in [0.25, 0.3) is 10.1 Å². The van der Waals surface area contributed by atoms with Gasteiger partial charge in [0.2, 0.25) is 0 Å². The molecule has 0 aliphatic heterocycles. The SMILES string of the molecule is Cc1ccccc1S(=O)(=O)OCC(O)COc1ccc(Cl)c(Cl)c1. The predicted molar refractivity (Wildman–Crippen MR) is 92.3 cm³/mol. The molecule has 8 heteroatoms. The molecule has 0 saturated heterocycles. The van der Waals surface area contributed by atoms with Crippen LogP contribution in [0.15, 0.2) is 47.4 Å². The molecular formula is C16H16Cl2O5S. The van der Waals surface area contributed by atoms with E-state index < -0.39 is 22.8 Å². The third-order valence-electron chi connectivity index (χ3n) is 3.11. The summed E-state index contributed by atoms with van der Waals surface area (Å²) in [5.74, 6) is 0.408. The monoisotopic (exact) mass is 390 g/mol. The van der Waals surface area contributed by atoms with Gasteiger partial charge in [0, 0.05) is 6.07 Å². The van der Waals surface area contributed by atoms with Crippen molar-refractivity contribution in [2.45, 2.75) is 17.9 Å². The van der Waals surface area contributed by atoms with Crippen LogP contribution in [0.3, 0.4) is 0 Å². The zero-order valence-corrected chi connectivity index (χ0v) is 15.1. The Hall–Kier alpha value is -1.31. The van der Waals surface area contributed by atoms with Crippen LogP contribution < -0.4 is 4.74 Å². The number of rotatable bonds is 7. The smallest absolute Gasteiger partial charge is 0.297 e. The molecule has 1 atom stereocenters. The van der Waals surface area contributed by atoms with E-state index in [2.05, 4.69) is 0 Å². The number of aryl methyl sites for hydroxylation is 1. The quantitative estimate of drug-likeness (QED) is 0.732. The second-order valence-electron chi connectivity index (χ2n) is 5.04. The summed E-state index contributed by atoms with van der Waals surface area (Å²) in [6, 6.07) is 11.1. The van der Waals surface area contributed by atoms with Crippen molar-refractivity contribution in [1.82, 2.24) is 0 Å². The average molecular weight is 391 g/mol. The van der Waals surface area contributed by atoms with Gasteiger partial charge in [0.15, 0.2) is 0 Å². The summed E-state index contributed by atoms with van der Waals surface area (Å²) in [5.41, 5.74) is 0.569. The fourth-order valence-electron chi connectivity index (χ4n) is 1.88. The fourth-order valence-corrected chi connectivity index (χ4v) is 3.33. The zero-order chi connectivity index (χ0) is 17.7. The lowest BCUT2D eigenvalue weighted by molar-refractivity contribution is 0.0648. The summed E-state index contributed by atoms with van der Waals surface area (Å²) in [4.78, 5) is 0.0719. The molecule has 0 radical (unpaired) electrons. The molecule has 0 heterocycles. The second-order valence-corrected chi connectivity index (χ2v) is 7.44. The number of aliphatic hydroxyl groups excluding tert-OH is 1. The summed E-state index contributed by atoms with van der Waals surface area (Å²) in [6.45, 7) is 1.10. The number of halogens is 2. The molecule has 0 saturated carbocycles. The first-order valence-electron chi connectivity index (χ1n) is 7.00. The molecule has 24 heavy (non-hydrogen) atoms. The van der Waals surface area contributed by atoms with Gasteiger partial charge < -0.3 is 9.84 Å². The van der Waals surface area contributed by atoms with Crippen LogP contribution >= 0.6 is 23.2 Å². The lowest BCUT2D eigenvalue weighted by atomic mass is 10.2. The molecular weight excluding hydrogens is 375 g/mol. The maximum Gasteiger partial charge on any atom is 0.297 e. The Labute approximate surface area is 150 Å². The van der Waals surface area contributed by atoms with E-state index in [1.807, 2.05) is 0 Å². The number of benzene rings is 2. The highest BCUT2D eigenvalue weighted by atomic mass is 35.5. The van der Waals surface area contributed by atoms with Crippen LogP contribution in [-0.2, 0) is 14.3 Å². The molecule has 1 N–H and O–H groups in total. The van der Waals surface area contributed by atoms with Gasteiger partial charge >= 0.3 is 0 Å². The van der Waals surface area contributed by atoms with Gasteiger partial charge in [-0.15, -0.1) is 0 Å². The van der Waals surface area contributed by atoms with Crippen LogP contribution in [0.25, 0.3) is 0 Å². The van der Waals surface area contributed by atoms with Crippen LogP contribution in [0.4, 0.5) is 0 Å². The van der Waals surface area contributed by atoms with Gasteiger partial charge in [-0.3, -0.25) is 4.18 Å². The number of hydrogen-bond donors (Lipinski definition) is 1. The molecule has 5 nitrogen and oxygen atoms in total. The lowest BCUT2D eigenvalue weighted by Gasteiger charge is -2.14. The maximum absolute atomic E-state index is 12.1. The van der Waals surface area contributed by atoms with Crippen molar-refractivity contribution in [2.24, 2.45) is 0 Å². The van der Waals surface area contributed by atoms with Crippen molar-refractivity contribution in [3.8, 4) is 5.75 Å². The van der Waals surface area contributed by atoms with Crippen molar-refractivity contribution < 1.29 is 22.4 Å². The Morgan fingerprint density at radius 2 is 1.79 bits per heavy atom. The van der Waals surface area contributed by atoms with Gasteiger partial charge in [-0.2, -0.15) is 8.42 Å². The minimum atomic E-state index is -3.94. The number of hydrogen-bond acceptors (Lipinski definition) is 5. The molecule has 0 aliphatic rings. The van der Waals surface area contributed by atoms with E-state index in [-0.39, 0.29) is 11.5 Å². The predicted octanol–water partition coefficient (Wildman–Crippen LogP) is 3.45. The summed E-state index contributed by atoms with van der Waals surface area (Å²) in [5, 5.41) is 10.5. The molecule has 0 aliphatic carbocycles. The average Bonchev–Trinajstić information content (AvgIpc) is 2.54. The van der Waals surface area contributed by atoms with Crippen molar-refractivity contribution in [3.05, 3.63) is 58.1 Å². The molecule has 1 unspecified atom stereocenters. The van der Waals surface area contributed by atoms with E-state index in [1.54, 1.807) is 37.3 Å². The number of ether oxygens (including phenoxy) is 1. The zero-order valence-electron chi connectivity index (χ0n) is 12.8. The van der Waals surface area contributed by atoms with Crippen LogP contribution in [0.5, 0.6) is 5.75 Å². The van der Waals surface area contributed by atoms with E-state index in [1.165, 1.54) is 12.1 Å². The van der Waals surface area contributed by atoms with Crippen molar-refractivity contribution >= 4 is 33.3 Å². The van der Waals surface area contributed by atoms with Gasteiger partial charge in [-0.05, 0) is 30.7 Å². The molecule has 0 amide bonds. The number of aliphatic hydroxyl groups is 1. The van der Waals surface area contributed by atoms with E-state index in [9.17, 15) is 13.5 Å². The molecule has 0 fully saturated rings. The third kappa shape index (κ3) is 5.09. The highest BCUT2D eigenvalue weighted by Crippen LogP contribution is 2.26. The minimum Gasteiger partial charge on any atom is -0.491 e. The van der Waals surface area contributed by atoms with Gasteiger partial charge in [0.05, 0.1) is 21.5 Å². The van der Waals surface area contributed by atoms with Crippen molar-refractivity contribution in [1.29, 1.82) is 0 Å². The highest BCUT2D eigenvalue weighted by Gasteiger charge is 2.19. The molecule has 2 aromatic rings. The Bertz CT molecular complexity index is 808. The van der Waals surface area contributed by atoms with E-state index >= 15 is 0 Å².